The highest BCUT2D eigenvalue weighted by molar-refractivity contribution is 14.1. The molecular weight excluding hydrogens is 249 g/mol. The van der Waals surface area contributed by atoms with E-state index in [1.165, 1.54) is 14.7 Å². The third-order valence-electron chi connectivity index (χ3n) is 2.23. The van der Waals surface area contributed by atoms with Crippen LogP contribution >= 0.6 is 22.6 Å². The lowest BCUT2D eigenvalue weighted by atomic mass is 10.1. The Hall–Kier alpha value is -0.0900. The molecule has 0 bridgehead atoms. The molecule has 1 atom stereocenters. The summed E-state index contributed by atoms with van der Waals surface area (Å²) >= 11 is 2.34. The molecule has 0 saturated carbocycles. The van der Waals surface area contributed by atoms with Gasteiger partial charge in [0.2, 0.25) is 0 Å². The lowest BCUT2D eigenvalue weighted by molar-refractivity contribution is 0.713. The SMILES string of the molecule is N[C@H]1CCc2cc(I)ccc21. The Kier molecular flexibility index (Phi) is 1.89. The van der Waals surface area contributed by atoms with Gasteiger partial charge in [-0.2, -0.15) is 0 Å². The minimum Gasteiger partial charge on any atom is -0.324 e. The summed E-state index contributed by atoms with van der Waals surface area (Å²) in [4.78, 5) is 0. The highest BCUT2D eigenvalue weighted by atomic mass is 127. The van der Waals surface area contributed by atoms with E-state index in [2.05, 4.69) is 40.8 Å². The summed E-state index contributed by atoms with van der Waals surface area (Å²) in [6.07, 6.45) is 2.28. The molecule has 0 unspecified atom stereocenters. The van der Waals surface area contributed by atoms with E-state index in [0.29, 0.717) is 6.04 Å². The van der Waals surface area contributed by atoms with Crippen LogP contribution in [0.5, 0.6) is 0 Å². The molecule has 0 amide bonds. The van der Waals surface area contributed by atoms with Crippen molar-refractivity contribution >= 4 is 22.6 Å². The number of aryl methyl sites for hydroxylation is 1. The van der Waals surface area contributed by atoms with Crippen molar-refractivity contribution in [3.05, 3.63) is 32.9 Å². The topological polar surface area (TPSA) is 26.0 Å². The number of fused-ring (bicyclic) bond motifs is 1. The van der Waals surface area contributed by atoms with Gasteiger partial charge in [-0.1, -0.05) is 6.07 Å². The lowest BCUT2D eigenvalue weighted by Crippen LogP contribution is -2.04. The minimum atomic E-state index is 0.294. The quantitative estimate of drug-likeness (QED) is 0.710. The molecule has 0 radical (unpaired) electrons. The van der Waals surface area contributed by atoms with E-state index >= 15 is 0 Å². The molecule has 1 nitrogen and oxygen atoms in total. The van der Waals surface area contributed by atoms with Crippen LogP contribution < -0.4 is 5.73 Å². The first-order chi connectivity index (χ1) is 5.27. The van der Waals surface area contributed by atoms with Gasteiger partial charge in [0.05, 0.1) is 0 Å². The molecular formula is C9H10IN. The summed E-state index contributed by atoms with van der Waals surface area (Å²) < 4.78 is 1.32. The van der Waals surface area contributed by atoms with Crippen LogP contribution in [-0.2, 0) is 6.42 Å². The summed E-state index contributed by atoms with van der Waals surface area (Å²) in [5, 5.41) is 0. The molecule has 1 aliphatic carbocycles. The molecule has 58 valence electrons. The van der Waals surface area contributed by atoms with E-state index in [4.69, 9.17) is 5.73 Å². The average molecular weight is 259 g/mol. The Bertz CT molecular complexity index is 283. The van der Waals surface area contributed by atoms with Gasteiger partial charge in [0.1, 0.15) is 0 Å². The van der Waals surface area contributed by atoms with Gasteiger partial charge in [0, 0.05) is 9.61 Å². The fourth-order valence-corrected chi connectivity index (χ4v) is 2.17. The molecule has 1 aromatic rings. The minimum absolute atomic E-state index is 0.294. The smallest absolute Gasteiger partial charge is 0.0300 e. The summed E-state index contributed by atoms with van der Waals surface area (Å²) in [5.41, 5.74) is 8.69. The van der Waals surface area contributed by atoms with Crippen LogP contribution in [0.1, 0.15) is 23.6 Å². The Morgan fingerprint density at radius 3 is 3.09 bits per heavy atom. The average Bonchev–Trinajstić information content (AvgIpc) is 2.32. The second kappa shape index (κ2) is 2.75. The Labute approximate surface area is 80.1 Å². The van der Waals surface area contributed by atoms with Crippen molar-refractivity contribution in [1.82, 2.24) is 0 Å². The third kappa shape index (κ3) is 1.29. The number of benzene rings is 1. The molecule has 0 spiro atoms. The zero-order chi connectivity index (χ0) is 7.84. The van der Waals surface area contributed by atoms with Crippen LogP contribution in [0, 0.1) is 3.57 Å². The molecule has 2 rings (SSSR count). The number of hydrogen-bond acceptors (Lipinski definition) is 1. The Morgan fingerprint density at radius 2 is 2.27 bits per heavy atom. The van der Waals surface area contributed by atoms with E-state index in [9.17, 15) is 0 Å². The van der Waals surface area contributed by atoms with Crippen LogP contribution in [0.3, 0.4) is 0 Å². The fraction of sp³-hybridized carbons (Fsp3) is 0.333. The number of rotatable bonds is 0. The monoisotopic (exact) mass is 259 g/mol. The predicted octanol–water partition coefficient (Wildman–Crippen LogP) is 2.24. The fourth-order valence-electron chi connectivity index (χ4n) is 1.62. The van der Waals surface area contributed by atoms with Crippen LogP contribution in [0.25, 0.3) is 0 Å². The first kappa shape index (κ1) is 7.55. The Balaban J connectivity index is 2.50. The van der Waals surface area contributed by atoms with Crippen LogP contribution in [0.15, 0.2) is 18.2 Å². The summed E-state index contributed by atoms with van der Waals surface area (Å²) in [7, 11) is 0. The summed E-state index contributed by atoms with van der Waals surface area (Å²) in [6.45, 7) is 0. The summed E-state index contributed by atoms with van der Waals surface area (Å²) in [5.74, 6) is 0. The van der Waals surface area contributed by atoms with Crippen LogP contribution in [0.4, 0.5) is 0 Å². The van der Waals surface area contributed by atoms with Crippen molar-refractivity contribution in [2.24, 2.45) is 5.73 Å². The van der Waals surface area contributed by atoms with E-state index in [1.807, 2.05) is 0 Å². The zero-order valence-corrected chi connectivity index (χ0v) is 8.34. The standard InChI is InChI=1S/C9H10IN/c10-7-2-3-8-6(5-7)1-4-9(8)11/h2-3,5,9H,1,4,11H2/t9-/m0/s1. The second-order valence-electron chi connectivity index (χ2n) is 2.99. The first-order valence-corrected chi connectivity index (χ1v) is 4.89. The van der Waals surface area contributed by atoms with Crippen molar-refractivity contribution in [2.45, 2.75) is 18.9 Å². The number of hydrogen-bond donors (Lipinski definition) is 1. The number of halogens is 1. The first-order valence-electron chi connectivity index (χ1n) is 3.81. The lowest BCUT2D eigenvalue weighted by Gasteiger charge is -2.03. The zero-order valence-electron chi connectivity index (χ0n) is 6.18. The molecule has 2 N–H and O–H groups in total. The molecule has 11 heavy (non-hydrogen) atoms. The van der Waals surface area contributed by atoms with Gasteiger partial charge in [-0.25, -0.2) is 0 Å². The van der Waals surface area contributed by atoms with Crippen molar-refractivity contribution in [3.63, 3.8) is 0 Å². The van der Waals surface area contributed by atoms with Gasteiger partial charge in [-0.15, -0.1) is 0 Å². The maximum absolute atomic E-state index is 5.89. The van der Waals surface area contributed by atoms with Gasteiger partial charge in [-0.05, 0) is 58.7 Å². The molecule has 1 aromatic carbocycles. The van der Waals surface area contributed by atoms with Gasteiger partial charge >= 0.3 is 0 Å². The van der Waals surface area contributed by atoms with Crippen molar-refractivity contribution in [1.29, 1.82) is 0 Å². The van der Waals surface area contributed by atoms with Gasteiger partial charge in [0.25, 0.3) is 0 Å². The number of nitrogens with two attached hydrogens (primary N) is 1. The third-order valence-corrected chi connectivity index (χ3v) is 2.90. The molecule has 1 aliphatic rings. The molecule has 2 heteroatoms. The maximum atomic E-state index is 5.89. The highest BCUT2D eigenvalue weighted by Gasteiger charge is 2.17. The van der Waals surface area contributed by atoms with E-state index in [0.717, 1.165) is 12.8 Å². The largest absolute Gasteiger partial charge is 0.324 e. The molecule has 0 aliphatic heterocycles. The predicted molar refractivity (Wildman–Crippen MR) is 54.4 cm³/mol. The van der Waals surface area contributed by atoms with E-state index < -0.39 is 0 Å². The Morgan fingerprint density at radius 1 is 1.45 bits per heavy atom. The van der Waals surface area contributed by atoms with Gasteiger partial charge in [0.15, 0.2) is 0 Å². The molecule has 0 heterocycles. The second-order valence-corrected chi connectivity index (χ2v) is 4.23. The highest BCUT2D eigenvalue weighted by Crippen LogP contribution is 2.29. The van der Waals surface area contributed by atoms with Gasteiger partial charge < -0.3 is 5.73 Å². The van der Waals surface area contributed by atoms with Crippen molar-refractivity contribution < 1.29 is 0 Å². The molecule has 0 fully saturated rings. The maximum Gasteiger partial charge on any atom is 0.0300 e. The van der Waals surface area contributed by atoms with Crippen molar-refractivity contribution in [3.8, 4) is 0 Å². The van der Waals surface area contributed by atoms with E-state index in [-0.39, 0.29) is 0 Å². The summed E-state index contributed by atoms with van der Waals surface area (Å²) in [6, 6.07) is 6.82. The normalized spacial score (nSPS) is 21.8. The van der Waals surface area contributed by atoms with Crippen LogP contribution in [-0.4, -0.2) is 0 Å². The molecule has 0 aromatic heterocycles. The van der Waals surface area contributed by atoms with Crippen LogP contribution in [0.2, 0.25) is 0 Å². The molecule has 0 saturated heterocycles. The van der Waals surface area contributed by atoms with E-state index in [1.54, 1.807) is 0 Å². The van der Waals surface area contributed by atoms with Crippen molar-refractivity contribution in [2.75, 3.05) is 0 Å². The van der Waals surface area contributed by atoms with Gasteiger partial charge in [-0.3, -0.25) is 0 Å².